The molecule has 1 aromatic rings. The van der Waals surface area contributed by atoms with Gasteiger partial charge in [0.05, 0.1) is 9.67 Å². The van der Waals surface area contributed by atoms with E-state index in [-0.39, 0.29) is 16.7 Å². The molecule has 1 aliphatic heterocycles. The van der Waals surface area contributed by atoms with Crippen LogP contribution in [-0.2, 0) is 10.8 Å². The molecular formula is C13H16ClN3O4S. The summed E-state index contributed by atoms with van der Waals surface area (Å²) in [5.74, 6) is 0.418. The van der Waals surface area contributed by atoms with Gasteiger partial charge in [0.25, 0.3) is 5.69 Å². The number of hydrogen-bond donors (Lipinski definition) is 1. The standard InChI is InChI=1S/C13H16ClN3O4S/c1-13(2)8-16(5-6-22(13)21)12(18)15-9-3-4-10(14)11(7-9)17(19)20/h3-4,7H,5-6,8H2,1-2H3,(H,15,18)/t22-/m1/s1. The number of halogens is 1. The zero-order valence-electron chi connectivity index (χ0n) is 12.2. The Morgan fingerprint density at radius 1 is 1.50 bits per heavy atom. The van der Waals surface area contributed by atoms with Crippen molar-refractivity contribution in [2.75, 3.05) is 24.2 Å². The maximum absolute atomic E-state index is 12.2. The second kappa shape index (κ2) is 6.21. The quantitative estimate of drug-likeness (QED) is 0.658. The molecule has 0 bridgehead atoms. The number of nitro benzene ring substituents is 1. The van der Waals surface area contributed by atoms with Crippen molar-refractivity contribution in [3.63, 3.8) is 0 Å². The van der Waals surface area contributed by atoms with Gasteiger partial charge in [-0.15, -0.1) is 0 Å². The number of amides is 2. The van der Waals surface area contributed by atoms with Crippen molar-refractivity contribution in [3.05, 3.63) is 33.3 Å². The van der Waals surface area contributed by atoms with Gasteiger partial charge in [0.15, 0.2) is 0 Å². The maximum atomic E-state index is 12.2. The first-order valence-corrected chi connectivity index (χ1v) is 8.29. The number of benzene rings is 1. The Kier molecular flexibility index (Phi) is 4.72. The molecule has 1 saturated heterocycles. The zero-order valence-corrected chi connectivity index (χ0v) is 13.7. The number of nitrogens with one attached hydrogen (secondary N) is 1. The zero-order chi connectivity index (χ0) is 16.5. The van der Waals surface area contributed by atoms with Gasteiger partial charge in [-0.3, -0.25) is 14.3 Å². The molecule has 1 aliphatic rings. The average Bonchev–Trinajstić information content (AvgIpc) is 2.43. The summed E-state index contributed by atoms with van der Waals surface area (Å²) in [6.07, 6.45) is 0. The Morgan fingerprint density at radius 3 is 2.77 bits per heavy atom. The molecule has 1 atom stereocenters. The first-order valence-electron chi connectivity index (χ1n) is 6.59. The summed E-state index contributed by atoms with van der Waals surface area (Å²) in [5.41, 5.74) is 0.0325. The molecule has 9 heteroatoms. The summed E-state index contributed by atoms with van der Waals surface area (Å²) in [5, 5.41) is 13.5. The van der Waals surface area contributed by atoms with Gasteiger partial charge in [-0.2, -0.15) is 0 Å². The largest absolute Gasteiger partial charge is 0.322 e. The van der Waals surface area contributed by atoms with Crippen LogP contribution in [0.5, 0.6) is 0 Å². The van der Waals surface area contributed by atoms with Gasteiger partial charge < -0.3 is 10.2 Å². The molecule has 0 spiro atoms. The minimum absolute atomic E-state index is 0.0116. The van der Waals surface area contributed by atoms with Crippen LogP contribution in [0.2, 0.25) is 5.02 Å². The van der Waals surface area contributed by atoms with Gasteiger partial charge in [-0.1, -0.05) is 11.6 Å². The minimum Gasteiger partial charge on any atom is -0.322 e. The Morgan fingerprint density at radius 2 is 2.18 bits per heavy atom. The van der Waals surface area contributed by atoms with E-state index in [1.165, 1.54) is 18.2 Å². The second-order valence-corrected chi connectivity index (χ2v) is 8.20. The van der Waals surface area contributed by atoms with Crippen molar-refractivity contribution in [1.29, 1.82) is 0 Å². The number of anilines is 1. The fraction of sp³-hybridized carbons (Fsp3) is 0.462. The van der Waals surface area contributed by atoms with Crippen LogP contribution in [0.15, 0.2) is 18.2 Å². The van der Waals surface area contributed by atoms with Gasteiger partial charge >= 0.3 is 6.03 Å². The van der Waals surface area contributed by atoms with Crippen molar-refractivity contribution < 1.29 is 13.9 Å². The van der Waals surface area contributed by atoms with Crippen LogP contribution in [0.1, 0.15) is 13.8 Å². The lowest BCUT2D eigenvalue weighted by Gasteiger charge is -2.37. The molecule has 22 heavy (non-hydrogen) atoms. The van der Waals surface area contributed by atoms with Crippen molar-refractivity contribution in [1.82, 2.24) is 4.90 Å². The molecule has 2 rings (SSSR count). The number of hydrogen-bond acceptors (Lipinski definition) is 4. The number of carbonyl (C=O) groups is 1. The predicted molar refractivity (Wildman–Crippen MR) is 85.8 cm³/mol. The second-order valence-electron chi connectivity index (χ2n) is 5.58. The molecule has 0 unspecified atom stereocenters. The third-order valence-electron chi connectivity index (χ3n) is 3.42. The third-order valence-corrected chi connectivity index (χ3v) is 5.65. The van der Waals surface area contributed by atoms with E-state index in [1.54, 1.807) is 4.90 Å². The molecule has 7 nitrogen and oxygen atoms in total. The number of carbonyl (C=O) groups excluding carboxylic acids is 1. The maximum Gasteiger partial charge on any atom is 0.321 e. The number of nitrogens with zero attached hydrogens (tertiary/aromatic N) is 2. The van der Waals surface area contributed by atoms with Gasteiger partial charge in [-0.25, -0.2) is 4.79 Å². The van der Waals surface area contributed by atoms with Crippen LogP contribution in [0.4, 0.5) is 16.2 Å². The van der Waals surface area contributed by atoms with Crippen LogP contribution in [0.25, 0.3) is 0 Å². The highest BCUT2D eigenvalue weighted by atomic mass is 35.5. The highest BCUT2D eigenvalue weighted by molar-refractivity contribution is 7.86. The highest BCUT2D eigenvalue weighted by Gasteiger charge is 2.35. The van der Waals surface area contributed by atoms with E-state index in [4.69, 9.17) is 11.6 Å². The van der Waals surface area contributed by atoms with Crippen molar-refractivity contribution in [3.8, 4) is 0 Å². The van der Waals surface area contributed by atoms with Crippen LogP contribution < -0.4 is 5.32 Å². The first kappa shape index (κ1) is 16.7. The van der Waals surface area contributed by atoms with Crippen LogP contribution in [-0.4, -0.2) is 43.7 Å². The molecule has 0 saturated carbocycles. The molecule has 0 aromatic heterocycles. The topological polar surface area (TPSA) is 92.6 Å². The average molecular weight is 346 g/mol. The van der Waals surface area contributed by atoms with Gasteiger partial charge in [0.2, 0.25) is 0 Å². The molecule has 0 radical (unpaired) electrons. The summed E-state index contributed by atoms with van der Waals surface area (Å²) >= 11 is 5.73. The number of urea groups is 1. The molecule has 1 aromatic carbocycles. The van der Waals surface area contributed by atoms with E-state index in [0.717, 1.165) is 0 Å². The Hall–Kier alpha value is -1.67. The fourth-order valence-electron chi connectivity index (χ4n) is 2.19. The lowest BCUT2D eigenvalue weighted by atomic mass is 10.2. The third kappa shape index (κ3) is 3.56. The van der Waals surface area contributed by atoms with Gasteiger partial charge in [0, 0.05) is 41.4 Å². The van der Waals surface area contributed by atoms with E-state index < -0.39 is 20.5 Å². The van der Waals surface area contributed by atoms with Crippen molar-refractivity contribution in [2.45, 2.75) is 18.6 Å². The SMILES string of the molecule is CC1(C)CN(C(=O)Nc2ccc(Cl)c([N+](=O)[O-])c2)CC[S@]1=O. The summed E-state index contributed by atoms with van der Waals surface area (Å²) in [6.45, 7) is 4.43. The van der Waals surface area contributed by atoms with Crippen molar-refractivity contribution >= 4 is 39.8 Å². The molecule has 1 fully saturated rings. The number of rotatable bonds is 2. The Balaban J connectivity index is 2.11. The minimum atomic E-state index is -0.976. The van der Waals surface area contributed by atoms with Gasteiger partial charge in [0.1, 0.15) is 5.02 Å². The molecular weight excluding hydrogens is 330 g/mol. The van der Waals surface area contributed by atoms with Crippen LogP contribution in [0.3, 0.4) is 0 Å². The molecule has 1 N–H and O–H groups in total. The molecule has 120 valence electrons. The van der Waals surface area contributed by atoms with Crippen LogP contribution in [0, 0.1) is 10.1 Å². The highest BCUT2D eigenvalue weighted by Crippen LogP contribution is 2.28. The molecule has 1 heterocycles. The van der Waals surface area contributed by atoms with E-state index in [9.17, 15) is 19.1 Å². The van der Waals surface area contributed by atoms with Crippen LogP contribution >= 0.6 is 11.6 Å². The summed E-state index contributed by atoms with van der Waals surface area (Å²) in [4.78, 5) is 24.0. The van der Waals surface area contributed by atoms with E-state index in [0.29, 0.717) is 24.5 Å². The Bertz CT molecular complexity index is 650. The predicted octanol–water partition coefficient (Wildman–Crippen LogP) is 2.62. The van der Waals surface area contributed by atoms with E-state index >= 15 is 0 Å². The smallest absolute Gasteiger partial charge is 0.321 e. The van der Waals surface area contributed by atoms with Crippen molar-refractivity contribution in [2.24, 2.45) is 0 Å². The normalized spacial score (nSPS) is 20.5. The Labute approximate surface area is 135 Å². The van der Waals surface area contributed by atoms with E-state index in [2.05, 4.69) is 5.32 Å². The van der Waals surface area contributed by atoms with E-state index in [1.807, 2.05) is 13.8 Å². The lowest BCUT2D eigenvalue weighted by molar-refractivity contribution is -0.384. The summed E-state index contributed by atoms with van der Waals surface area (Å²) in [7, 11) is -0.976. The monoisotopic (exact) mass is 345 g/mol. The van der Waals surface area contributed by atoms with Gasteiger partial charge in [-0.05, 0) is 26.0 Å². The fourth-order valence-corrected chi connectivity index (χ4v) is 3.61. The molecule has 0 aliphatic carbocycles. The molecule has 2 amide bonds. The summed E-state index contributed by atoms with van der Waals surface area (Å²) < 4.78 is 11.4. The summed E-state index contributed by atoms with van der Waals surface area (Å²) in [6, 6.07) is 3.71. The number of nitro groups is 1. The lowest BCUT2D eigenvalue weighted by Crippen LogP contribution is -2.53. The first-order chi connectivity index (χ1) is 10.2.